The molecule has 0 bridgehead atoms. The molecule has 0 heterocycles. The van der Waals surface area contributed by atoms with E-state index in [4.69, 9.17) is 32.7 Å². The highest BCUT2D eigenvalue weighted by Crippen LogP contribution is 2.37. The third kappa shape index (κ3) is 4.88. The standard InChI is InChI=1S/C18H18BrCl2NO2/c1-4-11(2)24-18-16(21)7-12(8-17(18)23-3)10-22-13-5-6-14(19)15(20)9-13/h5-11H,4H2,1-3H3/t11-/m1/s1. The molecule has 2 aromatic carbocycles. The maximum atomic E-state index is 6.35. The fourth-order valence-electron chi connectivity index (χ4n) is 1.93. The van der Waals surface area contributed by atoms with Gasteiger partial charge in [-0.1, -0.05) is 30.1 Å². The minimum absolute atomic E-state index is 0.0563. The minimum Gasteiger partial charge on any atom is -0.493 e. The SMILES string of the molecule is CC[C@@H](C)Oc1c(Cl)cc(C=Nc2ccc(Br)c(Cl)c2)cc1OC. The van der Waals surface area contributed by atoms with E-state index in [1.165, 1.54) is 0 Å². The van der Waals surface area contributed by atoms with Crippen molar-refractivity contribution in [3.05, 3.63) is 50.4 Å². The van der Waals surface area contributed by atoms with Gasteiger partial charge in [0.25, 0.3) is 0 Å². The summed E-state index contributed by atoms with van der Waals surface area (Å²) in [6, 6.07) is 9.14. The van der Waals surface area contributed by atoms with Gasteiger partial charge in [0, 0.05) is 10.7 Å². The van der Waals surface area contributed by atoms with Gasteiger partial charge < -0.3 is 9.47 Å². The van der Waals surface area contributed by atoms with Crippen molar-refractivity contribution in [3.63, 3.8) is 0 Å². The molecule has 2 aromatic rings. The van der Waals surface area contributed by atoms with Crippen LogP contribution in [0, 0.1) is 0 Å². The Morgan fingerprint density at radius 1 is 1.21 bits per heavy atom. The van der Waals surface area contributed by atoms with Crippen LogP contribution in [0.3, 0.4) is 0 Å². The Morgan fingerprint density at radius 2 is 1.96 bits per heavy atom. The molecule has 0 unspecified atom stereocenters. The molecule has 0 radical (unpaired) electrons. The second kappa shape index (κ2) is 8.75. The van der Waals surface area contributed by atoms with Gasteiger partial charge in [-0.25, -0.2) is 0 Å². The lowest BCUT2D eigenvalue weighted by molar-refractivity contribution is 0.208. The molecule has 128 valence electrons. The van der Waals surface area contributed by atoms with E-state index < -0.39 is 0 Å². The Kier molecular flexibility index (Phi) is 6.96. The summed E-state index contributed by atoms with van der Waals surface area (Å²) in [6.45, 7) is 4.04. The molecule has 0 aliphatic rings. The summed E-state index contributed by atoms with van der Waals surface area (Å²) < 4.78 is 12.1. The summed E-state index contributed by atoms with van der Waals surface area (Å²) in [5, 5.41) is 1.10. The van der Waals surface area contributed by atoms with Gasteiger partial charge in [-0.3, -0.25) is 4.99 Å². The van der Waals surface area contributed by atoms with Crippen LogP contribution < -0.4 is 9.47 Å². The van der Waals surface area contributed by atoms with Crippen molar-refractivity contribution < 1.29 is 9.47 Å². The molecule has 0 aliphatic heterocycles. The Balaban J connectivity index is 2.29. The van der Waals surface area contributed by atoms with Crippen LogP contribution in [0.5, 0.6) is 11.5 Å². The van der Waals surface area contributed by atoms with Crippen LogP contribution in [0.4, 0.5) is 5.69 Å². The number of methoxy groups -OCH3 is 1. The van der Waals surface area contributed by atoms with Crippen LogP contribution in [0.2, 0.25) is 10.0 Å². The van der Waals surface area contributed by atoms with E-state index in [0.29, 0.717) is 21.5 Å². The largest absolute Gasteiger partial charge is 0.493 e. The van der Waals surface area contributed by atoms with Crippen LogP contribution in [-0.2, 0) is 0 Å². The molecule has 24 heavy (non-hydrogen) atoms. The topological polar surface area (TPSA) is 30.8 Å². The highest BCUT2D eigenvalue weighted by molar-refractivity contribution is 9.10. The van der Waals surface area contributed by atoms with Crippen LogP contribution in [0.25, 0.3) is 0 Å². The van der Waals surface area contributed by atoms with Gasteiger partial charge in [-0.15, -0.1) is 0 Å². The van der Waals surface area contributed by atoms with Gasteiger partial charge in [0.2, 0.25) is 0 Å². The number of benzene rings is 2. The second-order valence-corrected chi connectivity index (χ2v) is 6.90. The number of aliphatic imine (C=N–C) groups is 1. The van der Waals surface area contributed by atoms with Crippen LogP contribution in [0.15, 0.2) is 39.8 Å². The molecule has 0 saturated carbocycles. The van der Waals surface area contributed by atoms with Gasteiger partial charge in [0.05, 0.1) is 28.9 Å². The number of ether oxygens (including phenoxy) is 2. The molecule has 0 saturated heterocycles. The average molecular weight is 431 g/mol. The molecule has 0 amide bonds. The van der Waals surface area contributed by atoms with Crippen LogP contribution in [0.1, 0.15) is 25.8 Å². The Bertz CT molecular complexity index is 750. The molecule has 6 heteroatoms. The molecule has 0 fully saturated rings. The summed E-state index contributed by atoms with van der Waals surface area (Å²) in [6.07, 6.45) is 2.65. The summed E-state index contributed by atoms with van der Waals surface area (Å²) in [5.74, 6) is 1.13. The summed E-state index contributed by atoms with van der Waals surface area (Å²) in [4.78, 5) is 4.42. The molecular formula is C18H18BrCl2NO2. The fourth-order valence-corrected chi connectivity index (χ4v) is 2.61. The molecule has 2 rings (SSSR count). The van der Waals surface area contributed by atoms with Crippen molar-refractivity contribution >= 4 is 51.0 Å². The van der Waals surface area contributed by atoms with E-state index in [9.17, 15) is 0 Å². The van der Waals surface area contributed by atoms with Gasteiger partial charge in [0.1, 0.15) is 0 Å². The maximum Gasteiger partial charge on any atom is 0.180 e. The van der Waals surface area contributed by atoms with E-state index in [0.717, 1.165) is 22.1 Å². The second-order valence-electron chi connectivity index (χ2n) is 5.23. The average Bonchev–Trinajstić information content (AvgIpc) is 2.57. The predicted octanol–water partition coefficient (Wildman–Crippen LogP) is 6.69. The summed E-state index contributed by atoms with van der Waals surface area (Å²) in [7, 11) is 1.59. The maximum absolute atomic E-state index is 6.35. The number of hydrogen-bond donors (Lipinski definition) is 0. The fraction of sp³-hybridized carbons (Fsp3) is 0.278. The first-order valence-electron chi connectivity index (χ1n) is 7.48. The first-order valence-corrected chi connectivity index (χ1v) is 9.02. The molecule has 1 atom stereocenters. The zero-order valence-corrected chi connectivity index (χ0v) is 16.7. The zero-order valence-electron chi connectivity index (χ0n) is 13.6. The molecular weight excluding hydrogens is 413 g/mol. The Hall–Kier alpha value is -1.23. The van der Waals surface area contributed by atoms with Gasteiger partial charge in [0.15, 0.2) is 11.5 Å². The lowest BCUT2D eigenvalue weighted by Crippen LogP contribution is -2.11. The Morgan fingerprint density at radius 3 is 2.58 bits per heavy atom. The first kappa shape index (κ1) is 19.1. The van der Waals surface area contributed by atoms with Crippen LogP contribution in [-0.4, -0.2) is 19.4 Å². The van der Waals surface area contributed by atoms with Crippen molar-refractivity contribution in [1.82, 2.24) is 0 Å². The van der Waals surface area contributed by atoms with E-state index in [1.54, 1.807) is 25.5 Å². The monoisotopic (exact) mass is 429 g/mol. The number of hydrogen-bond acceptors (Lipinski definition) is 3. The van der Waals surface area contributed by atoms with Crippen molar-refractivity contribution in [2.24, 2.45) is 4.99 Å². The molecule has 3 nitrogen and oxygen atoms in total. The van der Waals surface area contributed by atoms with Crippen molar-refractivity contribution in [3.8, 4) is 11.5 Å². The van der Waals surface area contributed by atoms with Crippen molar-refractivity contribution in [2.75, 3.05) is 7.11 Å². The smallest absolute Gasteiger partial charge is 0.180 e. The zero-order chi connectivity index (χ0) is 17.7. The lowest BCUT2D eigenvalue weighted by Gasteiger charge is -2.17. The minimum atomic E-state index is 0.0563. The molecule has 0 aliphatic carbocycles. The quantitative estimate of drug-likeness (QED) is 0.477. The van der Waals surface area contributed by atoms with Crippen molar-refractivity contribution in [1.29, 1.82) is 0 Å². The van der Waals surface area contributed by atoms with Gasteiger partial charge in [-0.2, -0.15) is 0 Å². The third-order valence-electron chi connectivity index (χ3n) is 3.41. The summed E-state index contributed by atoms with van der Waals surface area (Å²) >= 11 is 15.8. The molecule has 0 aromatic heterocycles. The number of rotatable bonds is 6. The molecule has 0 spiro atoms. The summed E-state index contributed by atoms with van der Waals surface area (Å²) in [5.41, 5.74) is 1.56. The number of nitrogens with zero attached hydrogens (tertiary/aromatic N) is 1. The van der Waals surface area contributed by atoms with E-state index in [1.807, 2.05) is 25.1 Å². The highest BCUT2D eigenvalue weighted by atomic mass is 79.9. The van der Waals surface area contributed by atoms with Crippen molar-refractivity contribution in [2.45, 2.75) is 26.4 Å². The van der Waals surface area contributed by atoms with Gasteiger partial charge in [-0.05, 0) is 65.2 Å². The Labute approximate surface area is 160 Å². The normalized spacial score (nSPS) is 12.4. The van der Waals surface area contributed by atoms with Crippen LogP contribution >= 0.6 is 39.1 Å². The molecule has 0 N–H and O–H groups in total. The first-order chi connectivity index (χ1) is 11.4. The third-order valence-corrected chi connectivity index (χ3v) is 4.92. The predicted molar refractivity (Wildman–Crippen MR) is 105 cm³/mol. The van der Waals surface area contributed by atoms with E-state index >= 15 is 0 Å². The van der Waals surface area contributed by atoms with Gasteiger partial charge >= 0.3 is 0 Å². The number of halogens is 3. The van der Waals surface area contributed by atoms with E-state index in [-0.39, 0.29) is 6.10 Å². The highest BCUT2D eigenvalue weighted by Gasteiger charge is 2.14. The lowest BCUT2D eigenvalue weighted by atomic mass is 10.2. The van der Waals surface area contributed by atoms with E-state index in [2.05, 4.69) is 27.8 Å².